The number of hydrogen-bond donors (Lipinski definition) is 1. The summed E-state index contributed by atoms with van der Waals surface area (Å²) in [6, 6.07) is 17.9. The second-order valence-electron chi connectivity index (χ2n) is 8.28. The molecule has 0 spiro atoms. The van der Waals surface area contributed by atoms with E-state index in [1.807, 2.05) is 34.9 Å². The number of hydrogen-bond acceptors (Lipinski definition) is 5. The van der Waals surface area contributed by atoms with Gasteiger partial charge in [-0.1, -0.05) is 50.2 Å². The highest BCUT2D eigenvalue weighted by Crippen LogP contribution is 2.39. The number of ether oxygens (including phenoxy) is 3. The van der Waals surface area contributed by atoms with Gasteiger partial charge in [0.1, 0.15) is 29.2 Å². The fourth-order valence-electron chi connectivity index (χ4n) is 4.01. The van der Waals surface area contributed by atoms with Gasteiger partial charge in [-0.15, -0.1) is 0 Å². The molecule has 4 rings (SSSR count). The molecule has 0 amide bonds. The minimum absolute atomic E-state index is 0.0119. The second-order valence-corrected chi connectivity index (χ2v) is 9.07. The van der Waals surface area contributed by atoms with Crippen LogP contribution in [0.2, 0.25) is 0 Å². The van der Waals surface area contributed by atoms with E-state index in [1.54, 1.807) is 14.2 Å². The first-order chi connectivity index (χ1) is 16.5. The molecule has 0 aliphatic carbocycles. The quantitative estimate of drug-likeness (QED) is 0.283. The Morgan fingerprint density at radius 2 is 1.65 bits per heavy atom. The molecule has 6 nitrogen and oxygen atoms in total. The van der Waals surface area contributed by atoms with Crippen LogP contribution >= 0.6 is 15.9 Å². The lowest BCUT2D eigenvalue weighted by molar-refractivity contribution is 0.278. The first-order valence-electron chi connectivity index (χ1n) is 11.2. The van der Waals surface area contributed by atoms with Crippen LogP contribution in [0.5, 0.6) is 17.2 Å². The molecule has 0 radical (unpaired) electrons. The molecule has 34 heavy (non-hydrogen) atoms. The zero-order chi connectivity index (χ0) is 24.2. The van der Waals surface area contributed by atoms with Crippen LogP contribution in [0.4, 0.5) is 0 Å². The number of aliphatic hydroxyl groups excluding tert-OH is 1. The number of nitrogens with zero attached hydrogens (tertiary/aromatic N) is 2. The van der Waals surface area contributed by atoms with Crippen LogP contribution in [0.3, 0.4) is 0 Å². The maximum absolute atomic E-state index is 9.80. The van der Waals surface area contributed by atoms with Gasteiger partial charge in [-0.05, 0) is 45.6 Å². The largest absolute Gasteiger partial charge is 0.494 e. The fraction of sp³-hybridized carbons (Fsp3) is 0.296. The zero-order valence-corrected chi connectivity index (χ0v) is 21.4. The molecule has 1 aromatic heterocycles. The lowest BCUT2D eigenvalue weighted by Gasteiger charge is -2.14. The van der Waals surface area contributed by atoms with E-state index in [0.717, 1.165) is 32.5 Å². The van der Waals surface area contributed by atoms with E-state index in [0.29, 0.717) is 36.3 Å². The Hall–Kier alpha value is -3.03. The number of methoxy groups -OCH3 is 2. The number of aliphatic hydroxyl groups is 1. The van der Waals surface area contributed by atoms with Gasteiger partial charge < -0.3 is 23.9 Å². The van der Waals surface area contributed by atoms with Crippen LogP contribution < -0.4 is 14.2 Å². The molecule has 1 N–H and O–H groups in total. The Balaban J connectivity index is 1.80. The summed E-state index contributed by atoms with van der Waals surface area (Å²) in [4.78, 5) is 4.98. The number of aromatic nitrogens is 2. The van der Waals surface area contributed by atoms with Gasteiger partial charge in [0.15, 0.2) is 11.5 Å². The van der Waals surface area contributed by atoms with Crippen molar-refractivity contribution in [2.24, 2.45) is 0 Å². The Kier molecular flexibility index (Phi) is 7.44. The Morgan fingerprint density at radius 1 is 0.971 bits per heavy atom. The Morgan fingerprint density at radius 3 is 2.26 bits per heavy atom. The van der Waals surface area contributed by atoms with E-state index in [2.05, 4.69) is 54.0 Å². The summed E-state index contributed by atoms with van der Waals surface area (Å²) in [5.74, 6) is 3.23. The summed E-state index contributed by atoms with van der Waals surface area (Å²) in [6.07, 6.45) is 0. The maximum atomic E-state index is 9.80. The van der Waals surface area contributed by atoms with E-state index in [9.17, 15) is 5.11 Å². The van der Waals surface area contributed by atoms with Crippen molar-refractivity contribution < 1.29 is 19.3 Å². The molecule has 178 valence electrons. The smallest absolute Gasteiger partial charge is 0.161 e. The molecule has 0 atom stereocenters. The Bertz CT molecular complexity index is 1280. The molecule has 0 aliphatic rings. The minimum atomic E-state index is -0.0119. The van der Waals surface area contributed by atoms with Crippen molar-refractivity contribution in [1.82, 2.24) is 9.55 Å². The topological polar surface area (TPSA) is 65.7 Å². The van der Waals surface area contributed by atoms with Gasteiger partial charge in [0.05, 0.1) is 25.3 Å². The van der Waals surface area contributed by atoms with E-state index >= 15 is 0 Å². The highest BCUT2D eigenvalue weighted by Gasteiger charge is 2.21. The summed E-state index contributed by atoms with van der Waals surface area (Å²) < 4.78 is 20.1. The summed E-state index contributed by atoms with van der Waals surface area (Å²) in [5.41, 5.74) is 4.73. The maximum Gasteiger partial charge on any atom is 0.161 e. The van der Waals surface area contributed by atoms with E-state index in [4.69, 9.17) is 19.2 Å². The molecule has 7 heteroatoms. The third kappa shape index (κ3) is 4.63. The number of para-hydroxylation sites is 2. The number of imidazole rings is 1. The monoisotopic (exact) mass is 524 g/mol. The molecule has 0 saturated heterocycles. The van der Waals surface area contributed by atoms with Crippen LogP contribution in [0.15, 0.2) is 59.1 Å². The average Bonchev–Trinajstić information content (AvgIpc) is 3.24. The third-order valence-corrected chi connectivity index (χ3v) is 6.71. The van der Waals surface area contributed by atoms with Crippen LogP contribution in [0.1, 0.15) is 30.9 Å². The van der Waals surface area contributed by atoms with Crippen LogP contribution in [-0.4, -0.2) is 35.5 Å². The predicted octanol–water partition coefficient (Wildman–Crippen LogP) is 6.18. The molecule has 0 fully saturated rings. The van der Waals surface area contributed by atoms with Crippen molar-refractivity contribution in [3.63, 3.8) is 0 Å². The fourth-order valence-corrected chi connectivity index (χ4v) is 4.51. The normalized spacial score (nSPS) is 11.3. The lowest BCUT2D eigenvalue weighted by atomic mass is 10.0. The average molecular weight is 525 g/mol. The van der Waals surface area contributed by atoms with E-state index < -0.39 is 0 Å². The summed E-state index contributed by atoms with van der Waals surface area (Å²) >= 11 is 3.75. The number of halogens is 1. The summed E-state index contributed by atoms with van der Waals surface area (Å²) in [7, 11) is 3.26. The van der Waals surface area contributed by atoms with E-state index in [-0.39, 0.29) is 6.61 Å². The first-order valence-corrected chi connectivity index (χ1v) is 12.0. The minimum Gasteiger partial charge on any atom is -0.494 e. The van der Waals surface area contributed by atoms with Crippen LogP contribution in [0.25, 0.3) is 22.4 Å². The standard InChI is InChI=1S/C27H29BrN2O4/c1-17(2)18-9-11-19(12-10-18)27-29-25-24(28)20(15-23(33-4)26(25)30(27)13-14-31)16-34-22-8-6-5-7-21(22)32-3/h5-12,15,17,31H,13-14,16H2,1-4H3. The van der Waals surface area contributed by atoms with Crippen molar-refractivity contribution in [3.8, 4) is 28.6 Å². The number of benzene rings is 3. The van der Waals surface area contributed by atoms with Crippen molar-refractivity contribution in [2.75, 3.05) is 20.8 Å². The molecule has 0 unspecified atom stereocenters. The van der Waals surface area contributed by atoms with Gasteiger partial charge in [0.2, 0.25) is 0 Å². The van der Waals surface area contributed by atoms with Crippen LogP contribution in [-0.2, 0) is 13.2 Å². The third-order valence-electron chi connectivity index (χ3n) is 5.83. The molecule has 4 aromatic rings. The van der Waals surface area contributed by atoms with Crippen LogP contribution in [0, 0.1) is 0 Å². The lowest BCUT2D eigenvalue weighted by Crippen LogP contribution is -2.06. The van der Waals surface area contributed by atoms with E-state index in [1.165, 1.54) is 5.56 Å². The van der Waals surface area contributed by atoms with Gasteiger partial charge in [0, 0.05) is 17.7 Å². The van der Waals surface area contributed by atoms with Gasteiger partial charge in [-0.2, -0.15) is 0 Å². The first kappa shape index (κ1) is 24.1. The Labute approximate surface area is 208 Å². The van der Waals surface area contributed by atoms with Gasteiger partial charge in [-0.25, -0.2) is 4.98 Å². The molecule has 0 bridgehead atoms. The van der Waals surface area contributed by atoms with Crippen molar-refractivity contribution >= 4 is 27.0 Å². The summed E-state index contributed by atoms with van der Waals surface area (Å²) in [5, 5.41) is 9.80. The predicted molar refractivity (Wildman–Crippen MR) is 138 cm³/mol. The molecular weight excluding hydrogens is 496 g/mol. The number of rotatable bonds is 9. The molecule has 0 aliphatic heterocycles. The van der Waals surface area contributed by atoms with Gasteiger partial charge in [-0.3, -0.25) is 0 Å². The summed E-state index contributed by atoms with van der Waals surface area (Å²) in [6.45, 7) is 5.04. The molecule has 0 saturated carbocycles. The van der Waals surface area contributed by atoms with Crippen molar-refractivity contribution in [3.05, 3.63) is 70.2 Å². The molecule has 1 heterocycles. The highest BCUT2D eigenvalue weighted by atomic mass is 79.9. The highest BCUT2D eigenvalue weighted by molar-refractivity contribution is 9.10. The van der Waals surface area contributed by atoms with Gasteiger partial charge >= 0.3 is 0 Å². The second kappa shape index (κ2) is 10.5. The van der Waals surface area contributed by atoms with Gasteiger partial charge in [0.25, 0.3) is 0 Å². The van der Waals surface area contributed by atoms with Crippen molar-refractivity contribution in [2.45, 2.75) is 32.9 Å². The zero-order valence-electron chi connectivity index (χ0n) is 19.8. The van der Waals surface area contributed by atoms with Crippen molar-refractivity contribution in [1.29, 1.82) is 0 Å². The molecule has 3 aromatic carbocycles. The number of fused-ring (bicyclic) bond motifs is 1. The SMILES string of the molecule is COc1ccccc1OCc1cc(OC)c2c(nc(-c3ccc(C(C)C)cc3)n2CCO)c1Br. The molecular formula is C27H29BrN2O4.